The molecule has 0 radical (unpaired) electrons. The number of amides is 1. The van der Waals surface area contributed by atoms with E-state index in [0.717, 1.165) is 42.7 Å². The molecule has 1 aliphatic carbocycles. The minimum atomic E-state index is -0.430. The highest BCUT2D eigenvalue weighted by molar-refractivity contribution is 6.07. The van der Waals surface area contributed by atoms with Crippen LogP contribution in [-0.4, -0.2) is 54.3 Å². The number of hydrogen-bond donors (Lipinski definition) is 2. The predicted molar refractivity (Wildman–Crippen MR) is 125 cm³/mol. The summed E-state index contributed by atoms with van der Waals surface area (Å²) in [6.07, 6.45) is 6.96. The first-order valence-corrected chi connectivity index (χ1v) is 11.0. The summed E-state index contributed by atoms with van der Waals surface area (Å²) in [7, 11) is 1.72. The second-order valence-corrected chi connectivity index (χ2v) is 8.11. The standard InChI is InChI=1S/C24H26N6O3/c1-32-21-5-4-15-2-3-16(12-17(15)21)18-14-27-23(25)22(28-18)24(31)29-19-13-26-7-6-20(19)30-8-10-33-11-9-30/h2-3,6-7,12-14,21H,4-5,8-11H2,1H3,(H2,25,27)(H,29,31). The van der Waals surface area contributed by atoms with Crippen LogP contribution in [0.5, 0.6) is 0 Å². The molecule has 1 aromatic carbocycles. The summed E-state index contributed by atoms with van der Waals surface area (Å²) in [6.45, 7) is 2.76. The van der Waals surface area contributed by atoms with Crippen LogP contribution in [0, 0.1) is 0 Å². The number of carbonyl (C=O) groups is 1. The lowest BCUT2D eigenvalue weighted by molar-refractivity contribution is 0.102. The maximum Gasteiger partial charge on any atom is 0.278 e. The van der Waals surface area contributed by atoms with E-state index < -0.39 is 5.91 Å². The number of nitrogens with one attached hydrogen (secondary N) is 1. The number of anilines is 3. The summed E-state index contributed by atoms with van der Waals surface area (Å²) < 4.78 is 11.0. The maximum atomic E-state index is 13.2. The molecular formula is C24H26N6O3. The molecular weight excluding hydrogens is 420 g/mol. The zero-order chi connectivity index (χ0) is 22.8. The molecule has 0 spiro atoms. The molecule has 5 rings (SSSR count). The highest BCUT2D eigenvalue weighted by Gasteiger charge is 2.24. The zero-order valence-corrected chi connectivity index (χ0v) is 18.5. The van der Waals surface area contributed by atoms with Crippen molar-refractivity contribution >= 4 is 23.1 Å². The number of aromatic nitrogens is 3. The Balaban J connectivity index is 1.42. The van der Waals surface area contributed by atoms with Gasteiger partial charge in [-0.15, -0.1) is 0 Å². The van der Waals surface area contributed by atoms with Crippen LogP contribution in [0.2, 0.25) is 0 Å². The minimum Gasteiger partial charge on any atom is -0.382 e. The van der Waals surface area contributed by atoms with Crippen LogP contribution >= 0.6 is 0 Å². The Morgan fingerprint density at radius 2 is 2.09 bits per heavy atom. The number of fused-ring (bicyclic) bond motifs is 1. The van der Waals surface area contributed by atoms with Crippen molar-refractivity contribution in [3.63, 3.8) is 0 Å². The third-order valence-electron chi connectivity index (χ3n) is 6.16. The van der Waals surface area contributed by atoms with E-state index in [-0.39, 0.29) is 17.6 Å². The number of nitrogens with two attached hydrogens (primary N) is 1. The fourth-order valence-corrected chi connectivity index (χ4v) is 4.42. The van der Waals surface area contributed by atoms with E-state index in [0.29, 0.717) is 24.6 Å². The van der Waals surface area contributed by atoms with Gasteiger partial charge in [-0.05, 0) is 36.1 Å². The van der Waals surface area contributed by atoms with Gasteiger partial charge in [0.2, 0.25) is 0 Å². The van der Waals surface area contributed by atoms with E-state index >= 15 is 0 Å². The fraction of sp³-hybridized carbons (Fsp3) is 0.333. The molecule has 3 aromatic rings. The monoisotopic (exact) mass is 446 g/mol. The van der Waals surface area contributed by atoms with E-state index in [1.54, 1.807) is 25.7 Å². The average molecular weight is 447 g/mol. The average Bonchev–Trinajstić information content (AvgIpc) is 3.27. The first kappa shape index (κ1) is 21.3. The van der Waals surface area contributed by atoms with Gasteiger partial charge in [0.15, 0.2) is 11.5 Å². The zero-order valence-electron chi connectivity index (χ0n) is 18.5. The summed E-state index contributed by atoms with van der Waals surface area (Å²) in [4.78, 5) is 28.3. The summed E-state index contributed by atoms with van der Waals surface area (Å²) in [5.74, 6) is -0.357. The molecule has 9 heteroatoms. The van der Waals surface area contributed by atoms with Crippen molar-refractivity contribution in [1.29, 1.82) is 0 Å². The van der Waals surface area contributed by atoms with E-state index in [4.69, 9.17) is 15.2 Å². The normalized spacial score (nSPS) is 17.6. The first-order chi connectivity index (χ1) is 16.1. The van der Waals surface area contributed by atoms with Gasteiger partial charge in [0, 0.05) is 32.0 Å². The molecule has 170 valence electrons. The molecule has 3 N–H and O–H groups in total. The van der Waals surface area contributed by atoms with Crippen molar-refractivity contribution in [2.45, 2.75) is 18.9 Å². The van der Waals surface area contributed by atoms with Gasteiger partial charge in [0.05, 0.1) is 48.8 Å². The molecule has 2 aromatic heterocycles. The van der Waals surface area contributed by atoms with Crippen LogP contribution in [0.15, 0.2) is 42.9 Å². The number of ether oxygens (including phenoxy) is 2. The van der Waals surface area contributed by atoms with Gasteiger partial charge in [-0.3, -0.25) is 9.78 Å². The topological polar surface area (TPSA) is 115 Å². The maximum absolute atomic E-state index is 13.2. The van der Waals surface area contributed by atoms with Gasteiger partial charge in [0.25, 0.3) is 5.91 Å². The van der Waals surface area contributed by atoms with Crippen molar-refractivity contribution in [2.75, 3.05) is 49.4 Å². The molecule has 1 fully saturated rings. The number of methoxy groups -OCH3 is 1. The summed E-state index contributed by atoms with van der Waals surface area (Å²) in [6, 6.07) is 8.03. The molecule has 9 nitrogen and oxygen atoms in total. The lowest BCUT2D eigenvalue weighted by Crippen LogP contribution is -2.36. The number of hydrogen-bond acceptors (Lipinski definition) is 8. The SMILES string of the molecule is COC1CCc2ccc(-c3cnc(N)c(C(=O)Nc4cnccc4N4CCOCC4)n3)cc21. The Labute approximate surface area is 192 Å². The number of nitrogens with zero attached hydrogens (tertiary/aromatic N) is 4. The molecule has 1 saturated heterocycles. The fourth-order valence-electron chi connectivity index (χ4n) is 4.42. The van der Waals surface area contributed by atoms with E-state index in [1.807, 2.05) is 12.1 Å². The Morgan fingerprint density at radius 3 is 2.91 bits per heavy atom. The van der Waals surface area contributed by atoms with Crippen molar-refractivity contribution in [2.24, 2.45) is 0 Å². The van der Waals surface area contributed by atoms with E-state index in [9.17, 15) is 4.79 Å². The van der Waals surface area contributed by atoms with Gasteiger partial charge < -0.3 is 25.4 Å². The molecule has 1 atom stereocenters. The van der Waals surface area contributed by atoms with Gasteiger partial charge in [0.1, 0.15) is 0 Å². The molecule has 0 bridgehead atoms. The molecule has 3 heterocycles. The van der Waals surface area contributed by atoms with Crippen LogP contribution in [0.4, 0.5) is 17.2 Å². The Bertz CT molecular complexity index is 1180. The molecule has 1 aliphatic heterocycles. The van der Waals surface area contributed by atoms with Crippen LogP contribution < -0.4 is 16.0 Å². The highest BCUT2D eigenvalue weighted by atomic mass is 16.5. The lowest BCUT2D eigenvalue weighted by atomic mass is 10.0. The number of pyridine rings is 1. The summed E-state index contributed by atoms with van der Waals surface area (Å²) in [5.41, 5.74) is 11.5. The Morgan fingerprint density at radius 1 is 1.24 bits per heavy atom. The first-order valence-electron chi connectivity index (χ1n) is 11.0. The van der Waals surface area contributed by atoms with Gasteiger partial charge >= 0.3 is 0 Å². The van der Waals surface area contributed by atoms with Crippen molar-refractivity contribution in [1.82, 2.24) is 15.0 Å². The Hall–Kier alpha value is -3.56. The van der Waals surface area contributed by atoms with Gasteiger partial charge in [-0.2, -0.15) is 0 Å². The second-order valence-electron chi connectivity index (χ2n) is 8.11. The van der Waals surface area contributed by atoms with Crippen LogP contribution in [0.25, 0.3) is 11.3 Å². The van der Waals surface area contributed by atoms with Crippen molar-refractivity contribution in [3.8, 4) is 11.3 Å². The third kappa shape index (κ3) is 4.24. The molecule has 33 heavy (non-hydrogen) atoms. The van der Waals surface area contributed by atoms with Gasteiger partial charge in [-0.1, -0.05) is 12.1 Å². The number of morpholine rings is 1. The van der Waals surface area contributed by atoms with Crippen LogP contribution in [0.1, 0.15) is 34.1 Å². The predicted octanol–water partition coefficient (Wildman–Crippen LogP) is 2.84. The molecule has 2 aliphatic rings. The second kappa shape index (κ2) is 9.13. The largest absolute Gasteiger partial charge is 0.382 e. The number of carbonyl (C=O) groups excluding carboxylic acids is 1. The van der Waals surface area contributed by atoms with E-state index in [2.05, 4.69) is 37.3 Å². The van der Waals surface area contributed by atoms with Crippen LogP contribution in [0.3, 0.4) is 0 Å². The Kier molecular flexibility index (Phi) is 5.89. The van der Waals surface area contributed by atoms with Crippen molar-refractivity contribution in [3.05, 3.63) is 59.7 Å². The number of benzene rings is 1. The summed E-state index contributed by atoms with van der Waals surface area (Å²) >= 11 is 0. The quantitative estimate of drug-likeness (QED) is 0.615. The molecule has 1 amide bonds. The summed E-state index contributed by atoms with van der Waals surface area (Å²) in [5, 5.41) is 2.92. The van der Waals surface area contributed by atoms with Crippen molar-refractivity contribution < 1.29 is 14.3 Å². The third-order valence-corrected chi connectivity index (χ3v) is 6.16. The highest BCUT2D eigenvalue weighted by Crippen LogP contribution is 2.36. The minimum absolute atomic E-state index is 0.0731. The van der Waals surface area contributed by atoms with Crippen LogP contribution in [-0.2, 0) is 15.9 Å². The van der Waals surface area contributed by atoms with E-state index in [1.165, 1.54) is 5.56 Å². The van der Waals surface area contributed by atoms with Gasteiger partial charge in [-0.25, -0.2) is 9.97 Å². The number of aryl methyl sites for hydroxylation is 1. The molecule has 0 saturated carbocycles. The number of rotatable bonds is 5. The number of nitrogen functional groups attached to an aromatic ring is 1. The smallest absolute Gasteiger partial charge is 0.278 e. The molecule has 1 unspecified atom stereocenters. The lowest BCUT2D eigenvalue weighted by Gasteiger charge is -2.30.